The summed E-state index contributed by atoms with van der Waals surface area (Å²) in [7, 11) is 0. The lowest BCUT2D eigenvalue weighted by molar-refractivity contribution is -0.129. The number of hydrogen-bond acceptors (Lipinski definition) is 4. The molecule has 0 spiro atoms. The summed E-state index contributed by atoms with van der Waals surface area (Å²) in [6.07, 6.45) is 2.13. The molecule has 0 bridgehead atoms. The second kappa shape index (κ2) is 8.19. The molecule has 1 aromatic heterocycles. The van der Waals surface area contributed by atoms with Crippen molar-refractivity contribution in [1.29, 1.82) is 0 Å². The molecular formula is C22H23N3O2S. The van der Waals surface area contributed by atoms with Crippen LogP contribution in [0.2, 0.25) is 0 Å². The summed E-state index contributed by atoms with van der Waals surface area (Å²) < 4.78 is 1.69. The Morgan fingerprint density at radius 3 is 2.50 bits per heavy atom. The lowest BCUT2D eigenvalue weighted by atomic mass is 10.2. The molecule has 3 aromatic rings. The van der Waals surface area contributed by atoms with Crippen molar-refractivity contribution >= 4 is 28.6 Å². The van der Waals surface area contributed by atoms with E-state index in [4.69, 9.17) is 4.98 Å². The van der Waals surface area contributed by atoms with Gasteiger partial charge in [0.2, 0.25) is 5.91 Å². The third-order valence-electron chi connectivity index (χ3n) is 5.06. The summed E-state index contributed by atoms with van der Waals surface area (Å²) in [6, 6.07) is 17.2. The number of thioether (sulfide) groups is 1. The fourth-order valence-corrected chi connectivity index (χ4v) is 4.54. The van der Waals surface area contributed by atoms with Gasteiger partial charge >= 0.3 is 0 Å². The van der Waals surface area contributed by atoms with Crippen LogP contribution >= 0.6 is 11.8 Å². The molecule has 1 aliphatic heterocycles. The molecule has 0 saturated carbocycles. The Labute approximate surface area is 168 Å². The van der Waals surface area contributed by atoms with Gasteiger partial charge in [-0.15, -0.1) is 0 Å². The molecule has 2 aromatic carbocycles. The van der Waals surface area contributed by atoms with Crippen molar-refractivity contribution < 1.29 is 4.79 Å². The predicted octanol–water partition coefficient (Wildman–Crippen LogP) is 3.55. The minimum atomic E-state index is -0.284. The normalized spacial score (nSPS) is 15.1. The molecule has 1 aliphatic rings. The molecule has 1 saturated heterocycles. The highest BCUT2D eigenvalue weighted by molar-refractivity contribution is 8.00. The predicted molar refractivity (Wildman–Crippen MR) is 113 cm³/mol. The molecule has 0 aliphatic carbocycles. The van der Waals surface area contributed by atoms with E-state index in [-0.39, 0.29) is 16.7 Å². The number of benzene rings is 2. The second-order valence-corrected chi connectivity index (χ2v) is 8.39. The van der Waals surface area contributed by atoms with E-state index in [9.17, 15) is 9.59 Å². The molecular weight excluding hydrogens is 370 g/mol. The molecule has 6 heteroatoms. The van der Waals surface area contributed by atoms with E-state index in [1.165, 1.54) is 11.8 Å². The fraction of sp³-hybridized carbons (Fsp3) is 0.318. The van der Waals surface area contributed by atoms with Crippen LogP contribution in [0.25, 0.3) is 10.9 Å². The van der Waals surface area contributed by atoms with Gasteiger partial charge < -0.3 is 4.90 Å². The quantitative estimate of drug-likeness (QED) is 0.491. The molecule has 0 N–H and O–H groups in total. The van der Waals surface area contributed by atoms with Crippen molar-refractivity contribution in [3.63, 3.8) is 0 Å². The zero-order valence-electron chi connectivity index (χ0n) is 15.9. The van der Waals surface area contributed by atoms with Crippen LogP contribution in [0, 0.1) is 0 Å². The van der Waals surface area contributed by atoms with Crippen LogP contribution in [0.4, 0.5) is 0 Å². The topological polar surface area (TPSA) is 55.2 Å². The Kier molecular flexibility index (Phi) is 5.48. The van der Waals surface area contributed by atoms with E-state index < -0.39 is 0 Å². The first-order valence-corrected chi connectivity index (χ1v) is 10.5. The van der Waals surface area contributed by atoms with Gasteiger partial charge in [0.15, 0.2) is 5.16 Å². The third-order valence-corrected chi connectivity index (χ3v) is 6.14. The Balaban J connectivity index is 1.71. The lowest BCUT2D eigenvalue weighted by Gasteiger charge is -2.21. The van der Waals surface area contributed by atoms with Crippen molar-refractivity contribution in [2.75, 3.05) is 13.1 Å². The molecule has 0 unspecified atom stereocenters. The minimum Gasteiger partial charge on any atom is -0.342 e. The summed E-state index contributed by atoms with van der Waals surface area (Å²) in [5.41, 5.74) is 1.62. The second-order valence-electron chi connectivity index (χ2n) is 7.08. The molecule has 28 heavy (non-hydrogen) atoms. The number of aromatic nitrogens is 2. The Bertz CT molecular complexity index is 1040. The summed E-state index contributed by atoms with van der Waals surface area (Å²) in [6.45, 7) is 3.99. The average molecular weight is 394 g/mol. The zero-order chi connectivity index (χ0) is 19.5. The molecule has 5 nitrogen and oxygen atoms in total. The van der Waals surface area contributed by atoms with Gasteiger partial charge in [-0.05, 0) is 37.5 Å². The Morgan fingerprint density at radius 2 is 1.75 bits per heavy atom. The standard InChI is InChI=1S/C22H23N3O2S/c1-16(20(26)24-13-7-8-14-24)28-22-23-19-12-6-5-11-18(19)21(27)25(22)15-17-9-3-2-4-10-17/h2-6,9-12,16H,7-8,13-15H2,1H3/t16-/m0/s1. The van der Waals surface area contributed by atoms with Crippen LogP contribution in [-0.4, -0.2) is 38.7 Å². The summed E-state index contributed by atoms with van der Waals surface area (Å²) >= 11 is 1.37. The van der Waals surface area contributed by atoms with E-state index in [1.54, 1.807) is 10.6 Å². The Hall–Kier alpha value is -2.60. The number of carbonyl (C=O) groups is 1. The summed E-state index contributed by atoms with van der Waals surface area (Å²) in [5, 5.41) is 0.905. The monoisotopic (exact) mass is 393 g/mol. The maximum atomic E-state index is 13.2. The third kappa shape index (κ3) is 3.83. The number of amides is 1. The molecule has 1 atom stereocenters. The van der Waals surface area contributed by atoms with Crippen LogP contribution in [-0.2, 0) is 11.3 Å². The number of hydrogen-bond donors (Lipinski definition) is 0. The smallest absolute Gasteiger partial charge is 0.262 e. The Morgan fingerprint density at radius 1 is 1.07 bits per heavy atom. The largest absolute Gasteiger partial charge is 0.342 e. The minimum absolute atomic E-state index is 0.0715. The van der Waals surface area contributed by atoms with Gasteiger partial charge in [-0.1, -0.05) is 54.2 Å². The van der Waals surface area contributed by atoms with Crippen molar-refractivity contribution in [3.05, 3.63) is 70.5 Å². The van der Waals surface area contributed by atoms with Gasteiger partial charge in [-0.2, -0.15) is 0 Å². The molecule has 1 amide bonds. The first-order valence-electron chi connectivity index (χ1n) is 9.62. The van der Waals surface area contributed by atoms with E-state index >= 15 is 0 Å². The van der Waals surface area contributed by atoms with E-state index in [2.05, 4.69) is 0 Å². The maximum absolute atomic E-state index is 13.2. The molecule has 4 rings (SSSR count). The first kappa shape index (κ1) is 18.7. The van der Waals surface area contributed by atoms with E-state index in [1.807, 2.05) is 60.4 Å². The molecule has 2 heterocycles. The van der Waals surface area contributed by atoms with Crippen LogP contribution in [0.15, 0.2) is 64.5 Å². The molecule has 144 valence electrons. The average Bonchev–Trinajstić information content (AvgIpc) is 3.26. The van der Waals surface area contributed by atoms with Gasteiger partial charge in [0.1, 0.15) is 0 Å². The van der Waals surface area contributed by atoms with E-state index in [0.29, 0.717) is 22.6 Å². The fourth-order valence-electron chi connectivity index (χ4n) is 3.55. The van der Waals surface area contributed by atoms with Gasteiger partial charge in [0, 0.05) is 13.1 Å². The number of nitrogens with zero attached hydrogens (tertiary/aromatic N) is 3. The highest BCUT2D eigenvalue weighted by Gasteiger charge is 2.25. The van der Waals surface area contributed by atoms with Crippen LogP contribution in [0.5, 0.6) is 0 Å². The summed E-state index contributed by atoms with van der Waals surface area (Å²) in [4.78, 5) is 32.6. The van der Waals surface area contributed by atoms with Gasteiger partial charge in [0.25, 0.3) is 5.56 Å². The summed E-state index contributed by atoms with van der Waals surface area (Å²) in [5.74, 6) is 0.121. The number of likely N-dealkylation sites (tertiary alicyclic amines) is 1. The number of carbonyl (C=O) groups excluding carboxylic acids is 1. The number of para-hydroxylation sites is 1. The first-order chi connectivity index (χ1) is 13.6. The van der Waals surface area contributed by atoms with Gasteiger partial charge in [-0.3, -0.25) is 14.2 Å². The highest BCUT2D eigenvalue weighted by Crippen LogP contribution is 2.25. The molecule has 0 radical (unpaired) electrons. The van der Waals surface area contributed by atoms with Crippen LogP contribution in [0.3, 0.4) is 0 Å². The number of rotatable bonds is 5. The maximum Gasteiger partial charge on any atom is 0.262 e. The van der Waals surface area contributed by atoms with Crippen molar-refractivity contribution in [3.8, 4) is 0 Å². The van der Waals surface area contributed by atoms with Gasteiger partial charge in [-0.25, -0.2) is 4.98 Å². The van der Waals surface area contributed by atoms with Crippen LogP contribution in [0.1, 0.15) is 25.3 Å². The van der Waals surface area contributed by atoms with E-state index in [0.717, 1.165) is 31.5 Å². The number of fused-ring (bicyclic) bond motifs is 1. The van der Waals surface area contributed by atoms with Crippen molar-refractivity contribution in [2.45, 2.75) is 36.7 Å². The lowest BCUT2D eigenvalue weighted by Crippen LogP contribution is -2.34. The highest BCUT2D eigenvalue weighted by atomic mass is 32.2. The van der Waals surface area contributed by atoms with Gasteiger partial charge in [0.05, 0.1) is 22.7 Å². The van der Waals surface area contributed by atoms with Crippen LogP contribution < -0.4 is 5.56 Å². The van der Waals surface area contributed by atoms with Crippen molar-refractivity contribution in [1.82, 2.24) is 14.5 Å². The van der Waals surface area contributed by atoms with Crippen molar-refractivity contribution in [2.24, 2.45) is 0 Å². The zero-order valence-corrected chi connectivity index (χ0v) is 16.7. The molecule has 1 fully saturated rings. The SMILES string of the molecule is C[C@H](Sc1nc2ccccc2c(=O)n1Cc1ccccc1)C(=O)N1CCCC1.